The van der Waals surface area contributed by atoms with Crippen molar-refractivity contribution in [2.24, 2.45) is 0 Å². The first-order chi connectivity index (χ1) is 8.02. The van der Waals surface area contributed by atoms with Crippen molar-refractivity contribution in [3.63, 3.8) is 0 Å². The third-order valence-electron chi connectivity index (χ3n) is 3.10. The van der Waals surface area contributed by atoms with Crippen molar-refractivity contribution in [1.82, 2.24) is 15.1 Å². The van der Waals surface area contributed by atoms with E-state index in [-0.39, 0.29) is 30.3 Å². The summed E-state index contributed by atoms with van der Waals surface area (Å²) in [5.74, 6) is 0.261. The van der Waals surface area contributed by atoms with Gasteiger partial charge in [-0.15, -0.1) is 12.4 Å². The summed E-state index contributed by atoms with van der Waals surface area (Å²) in [5.41, 5.74) is 0. The fourth-order valence-electron chi connectivity index (χ4n) is 1.97. The molecule has 1 heterocycles. The van der Waals surface area contributed by atoms with Crippen molar-refractivity contribution in [2.45, 2.75) is 32.2 Å². The zero-order valence-electron chi connectivity index (χ0n) is 11.4. The number of carbonyl (C=O) groups is 2. The average Bonchev–Trinajstić information content (AvgIpc) is 2.29. The molecule has 5 nitrogen and oxygen atoms in total. The molecule has 1 saturated heterocycles. The number of hydrogen-bond donors (Lipinski definition) is 1. The van der Waals surface area contributed by atoms with Crippen LogP contribution in [0, 0.1) is 0 Å². The molecule has 1 aliphatic heterocycles. The number of amides is 2. The second kappa shape index (κ2) is 8.32. The second-order valence-corrected chi connectivity index (χ2v) is 4.78. The van der Waals surface area contributed by atoms with Gasteiger partial charge in [-0.05, 0) is 13.3 Å². The topological polar surface area (TPSA) is 52.7 Å². The monoisotopic (exact) mass is 277 g/mol. The van der Waals surface area contributed by atoms with Crippen LogP contribution in [0.15, 0.2) is 0 Å². The molecule has 0 aromatic heterocycles. The standard InChI is InChI=1S/C12H23N3O2.ClH/c1-10-9-13-7-8-15(10)12(17)6-4-5-11(16)14(2)3;/h10,13H,4-9H2,1-3H3;1H. The Balaban J connectivity index is 0.00000289. The van der Waals surface area contributed by atoms with Gasteiger partial charge in [0.1, 0.15) is 0 Å². The van der Waals surface area contributed by atoms with Crippen LogP contribution in [0.1, 0.15) is 26.2 Å². The number of piperazine rings is 1. The van der Waals surface area contributed by atoms with E-state index in [0.29, 0.717) is 19.3 Å². The molecule has 2 amide bonds. The molecule has 1 atom stereocenters. The first kappa shape index (κ1) is 17.2. The molecule has 0 spiro atoms. The molecule has 6 heteroatoms. The Labute approximate surface area is 115 Å². The van der Waals surface area contributed by atoms with Crippen LogP contribution in [-0.4, -0.2) is 61.4 Å². The van der Waals surface area contributed by atoms with E-state index >= 15 is 0 Å². The molecule has 1 rings (SSSR count). The Hall–Kier alpha value is -0.810. The van der Waals surface area contributed by atoms with Crippen molar-refractivity contribution in [1.29, 1.82) is 0 Å². The second-order valence-electron chi connectivity index (χ2n) is 4.78. The maximum Gasteiger partial charge on any atom is 0.222 e. The summed E-state index contributed by atoms with van der Waals surface area (Å²) in [6.07, 6.45) is 1.58. The lowest BCUT2D eigenvalue weighted by Gasteiger charge is -2.34. The highest BCUT2D eigenvalue weighted by Gasteiger charge is 2.22. The van der Waals surface area contributed by atoms with Gasteiger partial charge < -0.3 is 15.1 Å². The van der Waals surface area contributed by atoms with Gasteiger partial charge in [-0.1, -0.05) is 0 Å². The highest BCUT2D eigenvalue weighted by atomic mass is 35.5. The predicted octanol–water partition coefficient (Wildman–Crippen LogP) is 0.487. The average molecular weight is 278 g/mol. The van der Waals surface area contributed by atoms with E-state index in [2.05, 4.69) is 12.2 Å². The minimum atomic E-state index is 0. The lowest BCUT2D eigenvalue weighted by molar-refractivity contribution is -0.134. The molecule has 1 aliphatic rings. The summed E-state index contributed by atoms with van der Waals surface area (Å²) in [4.78, 5) is 26.8. The largest absolute Gasteiger partial charge is 0.349 e. The molecule has 0 radical (unpaired) electrons. The molecule has 0 saturated carbocycles. The van der Waals surface area contributed by atoms with E-state index < -0.39 is 0 Å². The zero-order chi connectivity index (χ0) is 12.8. The van der Waals surface area contributed by atoms with Crippen LogP contribution in [0.2, 0.25) is 0 Å². The summed E-state index contributed by atoms with van der Waals surface area (Å²) < 4.78 is 0. The molecule has 106 valence electrons. The summed E-state index contributed by atoms with van der Waals surface area (Å²) in [7, 11) is 3.48. The van der Waals surface area contributed by atoms with E-state index in [4.69, 9.17) is 0 Å². The van der Waals surface area contributed by atoms with Crippen molar-refractivity contribution in [2.75, 3.05) is 33.7 Å². The smallest absolute Gasteiger partial charge is 0.222 e. The molecule has 1 fully saturated rings. The van der Waals surface area contributed by atoms with Crippen molar-refractivity contribution in [3.05, 3.63) is 0 Å². The summed E-state index contributed by atoms with van der Waals surface area (Å²) in [6.45, 7) is 4.56. The van der Waals surface area contributed by atoms with Gasteiger partial charge in [0.15, 0.2) is 0 Å². The molecule has 0 bridgehead atoms. The van der Waals surface area contributed by atoms with Gasteiger partial charge in [-0.3, -0.25) is 9.59 Å². The van der Waals surface area contributed by atoms with Crippen LogP contribution in [0.4, 0.5) is 0 Å². The van der Waals surface area contributed by atoms with Crippen LogP contribution in [0.5, 0.6) is 0 Å². The Kier molecular flexibility index (Phi) is 7.95. The molecule has 0 aliphatic carbocycles. The first-order valence-electron chi connectivity index (χ1n) is 6.22. The molecule has 1 unspecified atom stereocenters. The Morgan fingerprint density at radius 2 is 2.00 bits per heavy atom. The molecular weight excluding hydrogens is 254 g/mol. The van der Waals surface area contributed by atoms with Crippen LogP contribution >= 0.6 is 12.4 Å². The lowest BCUT2D eigenvalue weighted by atomic mass is 10.1. The molecule has 1 N–H and O–H groups in total. The van der Waals surface area contributed by atoms with Gasteiger partial charge in [0.25, 0.3) is 0 Å². The van der Waals surface area contributed by atoms with Gasteiger partial charge in [0.05, 0.1) is 0 Å². The molecular formula is C12H24ClN3O2. The van der Waals surface area contributed by atoms with E-state index in [1.807, 2.05) is 4.90 Å². The van der Waals surface area contributed by atoms with Crippen molar-refractivity contribution in [3.8, 4) is 0 Å². The van der Waals surface area contributed by atoms with E-state index in [1.165, 1.54) is 0 Å². The molecule has 0 aromatic carbocycles. The van der Waals surface area contributed by atoms with Crippen LogP contribution < -0.4 is 5.32 Å². The van der Waals surface area contributed by atoms with Gasteiger partial charge in [0.2, 0.25) is 11.8 Å². The summed E-state index contributed by atoms with van der Waals surface area (Å²) >= 11 is 0. The lowest BCUT2D eigenvalue weighted by Crippen LogP contribution is -2.52. The van der Waals surface area contributed by atoms with Crippen molar-refractivity contribution < 1.29 is 9.59 Å². The van der Waals surface area contributed by atoms with Gasteiger partial charge >= 0.3 is 0 Å². The number of nitrogens with one attached hydrogen (secondary N) is 1. The maximum absolute atomic E-state index is 11.9. The minimum Gasteiger partial charge on any atom is -0.349 e. The third kappa shape index (κ3) is 5.23. The van der Waals surface area contributed by atoms with Crippen LogP contribution in [0.3, 0.4) is 0 Å². The Bertz CT molecular complexity index is 284. The summed E-state index contributed by atoms with van der Waals surface area (Å²) in [5, 5.41) is 3.25. The number of nitrogens with zero attached hydrogens (tertiary/aromatic N) is 2. The fraction of sp³-hybridized carbons (Fsp3) is 0.833. The van der Waals surface area contributed by atoms with Gasteiger partial charge in [-0.2, -0.15) is 0 Å². The quantitative estimate of drug-likeness (QED) is 0.814. The number of rotatable bonds is 4. The highest BCUT2D eigenvalue weighted by Crippen LogP contribution is 2.08. The minimum absolute atomic E-state index is 0. The number of carbonyl (C=O) groups excluding carboxylic acids is 2. The van der Waals surface area contributed by atoms with Gasteiger partial charge in [-0.25, -0.2) is 0 Å². The highest BCUT2D eigenvalue weighted by molar-refractivity contribution is 5.85. The first-order valence-corrected chi connectivity index (χ1v) is 6.22. The normalized spacial score (nSPS) is 19.1. The SMILES string of the molecule is CC1CNCCN1C(=O)CCCC(=O)N(C)C.Cl. The van der Waals surface area contributed by atoms with Crippen molar-refractivity contribution >= 4 is 24.2 Å². The zero-order valence-corrected chi connectivity index (χ0v) is 12.3. The number of halogens is 1. The molecule has 18 heavy (non-hydrogen) atoms. The third-order valence-corrected chi connectivity index (χ3v) is 3.10. The molecule has 0 aromatic rings. The van der Waals surface area contributed by atoms with Crippen LogP contribution in [0.25, 0.3) is 0 Å². The summed E-state index contributed by atoms with van der Waals surface area (Å²) in [6, 6.07) is 0.265. The van der Waals surface area contributed by atoms with Crippen LogP contribution in [-0.2, 0) is 9.59 Å². The number of hydrogen-bond acceptors (Lipinski definition) is 3. The van der Waals surface area contributed by atoms with E-state index in [0.717, 1.165) is 19.6 Å². The van der Waals surface area contributed by atoms with Gasteiger partial charge in [0, 0.05) is 52.6 Å². The van der Waals surface area contributed by atoms with E-state index in [9.17, 15) is 9.59 Å². The Morgan fingerprint density at radius 3 is 2.56 bits per heavy atom. The maximum atomic E-state index is 11.9. The Morgan fingerprint density at radius 1 is 1.33 bits per heavy atom. The van der Waals surface area contributed by atoms with E-state index in [1.54, 1.807) is 19.0 Å². The predicted molar refractivity (Wildman–Crippen MR) is 73.8 cm³/mol. The fourth-order valence-corrected chi connectivity index (χ4v) is 1.97.